The van der Waals surface area contributed by atoms with Gasteiger partial charge in [0.2, 0.25) is 5.91 Å². The molecule has 0 aliphatic carbocycles. The van der Waals surface area contributed by atoms with Crippen LogP contribution in [-0.4, -0.2) is 46.0 Å². The zero-order valence-corrected chi connectivity index (χ0v) is 16.5. The average Bonchev–Trinajstić information content (AvgIpc) is 3.18. The van der Waals surface area contributed by atoms with Gasteiger partial charge in [-0.2, -0.15) is 0 Å². The Balaban J connectivity index is 1.54. The van der Waals surface area contributed by atoms with Crippen LogP contribution in [0, 0.1) is 6.92 Å². The lowest BCUT2D eigenvalue weighted by molar-refractivity contribution is -0.133. The predicted molar refractivity (Wildman–Crippen MR) is 104 cm³/mol. The van der Waals surface area contributed by atoms with E-state index in [9.17, 15) is 9.59 Å². The van der Waals surface area contributed by atoms with E-state index in [4.69, 9.17) is 4.42 Å². The molecule has 1 aliphatic rings. The summed E-state index contributed by atoms with van der Waals surface area (Å²) < 4.78 is 6.72. The maximum Gasteiger partial charge on any atom is 0.287 e. The number of carbonyl (C=O) groups excluding carboxylic acids is 2. The maximum atomic E-state index is 12.8. The predicted octanol–water partition coefficient (Wildman–Crippen LogP) is 2.85. The summed E-state index contributed by atoms with van der Waals surface area (Å²) in [5.74, 6) is 0.668. The molecule has 27 heavy (non-hydrogen) atoms. The lowest BCUT2D eigenvalue weighted by Gasteiger charge is -2.38. The second-order valence-electron chi connectivity index (χ2n) is 6.38. The average molecular weight is 403 g/mol. The van der Waals surface area contributed by atoms with Gasteiger partial charge in [0.15, 0.2) is 10.1 Å². The molecule has 1 aliphatic heterocycles. The number of rotatable bonds is 5. The summed E-state index contributed by atoms with van der Waals surface area (Å²) in [7, 11) is 0. The van der Waals surface area contributed by atoms with Crippen LogP contribution >= 0.6 is 23.1 Å². The Morgan fingerprint density at radius 1 is 1.33 bits per heavy atom. The number of nitrogens with one attached hydrogen (secondary N) is 1. The third-order valence-electron chi connectivity index (χ3n) is 4.41. The number of thioether (sulfide) groups is 1. The van der Waals surface area contributed by atoms with Crippen LogP contribution in [0.25, 0.3) is 11.0 Å². The van der Waals surface area contributed by atoms with Crippen LogP contribution in [0.15, 0.2) is 33.0 Å². The number of furan rings is 1. The molecule has 7 nitrogen and oxygen atoms in total. The van der Waals surface area contributed by atoms with Crippen LogP contribution in [-0.2, 0) is 10.5 Å². The van der Waals surface area contributed by atoms with Crippen molar-refractivity contribution in [1.82, 2.24) is 20.4 Å². The Morgan fingerprint density at radius 3 is 2.81 bits per heavy atom. The first-order chi connectivity index (χ1) is 13.0. The summed E-state index contributed by atoms with van der Waals surface area (Å²) in [5, 5.41) is 13.0. The fourth-order valence-electron chi connectivity index (χ4n) is 2.97. The summed E-state index contributed by atoms with van der Waals surface area (Å²) in [5.41, 5.74) is 1.54. The van der Waals surface area contributed by atoms with Gasteiger partial charge in [-0.3, -0.25) is 9.59 Å². The topological polar surface area (TPSA) is 88.3 Å². The minimum Gasteiger partial charge on any atom is -0.451 e. The smallest absolute Gasteiger partial charge is 0.287 e. The third kappa shape index (κ3) is 3.70. The molecule has 3 heterocycles. The lowest BCUT2D eigenvalue weighted by atomic mass is 10.1. The second kappa shape index (κ2) is 7.32. The van der Waals surface area contributed by atoms with E-state index >= 15 is 0 Å². The van der Waals surface area contributed by atoms with E-state index in [1.807, 2.05) is 31.2 Å². The highest BCUT2D eigenvalue weighted by molar-refractivity contribution is 8.00. The van der Waals surface area contributed by atoms with E-state index in [0.29, 0.717) is 30.2 Å². The van der Waals surface area contributed by atoms with Crippen molar-refractivity contribution >= 4 is 45.9 Å². The van der Waals surface area contributed by atoms with Crippen molar-refractivity contribution in [2.24, 2.45) is 0 Å². The normalized spacial score (nSPS) is 14.4. The van der Waals surface area contributed by atoms with Gasteiger partial charge in [0.05, 0.1) is 6.04 Å². The summed E-state index contributed by atoms with van der Waals surface area (Å²) in [6, 6.07) is 7.59. The number of hydrogen-bond donors (Lipinski definition) is 1. The van der Waals surface area contributed by atoms with Crippen molar-refractivity contribution in [3.8, 4) is 0 Å². The van der Waals surface area contributed by atoms with Crippen molar-refractivity contribution in [3.63, 3.8) is 0 Å². The van der Waals surface area contributed by atoms with Gasteiger partial charge in [0.25, 0.3) is 5.91 Å². The number of hydrogen-bond acceptors (Lipinski definition) is 7. The van der Waals surface area contributed by atoms with Crippen LogP contribution in [0.3, 0.4) is 0 Å². The molecule has 1 N–H and O–H groups in total. The highest BCUT2D eigenvalue weighted by atomic mass is 32.2. The Bertz CT molecular complexity index is 1010. The first-order valence-corrected chi connectivity index (χ1v) is 10.3. The molecule has 1 fully saturated rings. The fourth-order valence-corrected chi connectivity index (χ4v) is 4.82. The molecule has 0 atom stereocenters. The monoisotopic (exact) mass is 402 g/mol. The van der Waals surface area contributed by atoms with Crippen molar-refractivity contribution in [2.75, 3.05) is 13.1 Å². The van der Waals surface area contributed by atoms with Gasteiger partial charge >= 0.3 is 0 Å². The number of likely N-dealkylation sites (tertiary alicyclic amines) is 1. The highest BCUT2D eigenvalue weighted by Crippen LogP contribution is 2.33. The molecule has 0 unspecified atom stereocenters. The number of fused-ring (bicyclic) bond motifs is 1. The van der Waals surface area contributed by atoms with Crippen LogP contribution in [0.5, 0.6) is 0 Å². The van der Waals surface area contributed by atoms with Gasteiger partial charge < -0.3 is 14.6 Å². The summed E-state index contributed by atoms with van der Waals surface area (Å²) in [6.45, 7) is 4.52. The van der Waals surface area contributed by atoms with Gasteiger partial charge in [-0.25, -0.2) is 0 Å². The second-order valence-corrected chi connectivity index (χ2v) is 8.78. The summed E-state index contributed by atoms with van der Waals surface area (Å²) in [4.78, 5) is 25.8. The largest absolute Gasteiger partial charge is 0.451 e. The first kappa shape index (κ1) is 18.0. The molecule has 2 aromatic heterocycles. The Hall–Kier alpha value is -2.39. The molecule has 1 saturated heterocycles. The van der Waals surface area contributed by atoms with Crippen molar-refractivity contribution in [1.29, 1.82) is 0 Å². The molecule has 9 heteroatoms. The number of benzene rings is 1. The van der Waals surface area contributed by atoms with Gasteiger partial charge in [0, 0.05) is 36.7 Å². The van der Waals surface area contributed by atoms with Gasteiger partial charge in [-0.05, 0) is 13.0 Å². The molecular weight excluding hydrogens is 384 g/mol. The van der Waals surface area contributed by atoms with Crippen LogP contribution < -0.4 is 5.32 Å². The number of aryl methyl sites for hydroxylation is 1. The first-order valence-electron chi connectivity index (χ1n) is 8.51. The van der Waals surface area contributed by atoms with Gasteiger partial charge in [-0.15, -0.1) is 10.2 Å². The summed E-state index contributed by atoms with van der Waals surface area (Å²) in [6.07, 6.45) is 0. The lowest BCUT2D eigenvalue weighted by Crippen LogP contribution is -2.60. The molecular formula is C18H18N4O3S2. The SMILES string of the molecule is CC(=O)N1CC(NC(=O)c2oc3ccccc3c2CSc2nnc(C)s2)C1. The minimum absolute atomic E-state index is 0.0219. The standard InChI is InChI=1S/C18H18N4O3S2/c1-10-20-21-18(27-10)26-9-14-13-5-3-4-6-15(13)25-16(14)17(24)19-12-7-22(8-12)11(2)23/h3-6,12H,7-9H2,1-2H3,(H,19,24). The molecule has 0 radical (unpaired) electrons. The quantitative estimate of drug-likeness (QED) is 0.660. The number of nitrogens with zero attached hydrogens (tertiary/aromatic N) is 3. The van der Waals surface area contributed by atoms with E-state index in [-0.39, 0.29) is 17.9 Å². The van der Waals surface area contributed by atoms with Crippen molar-refractivity contribution in [3.05, 3.63) is 40.6 Å². The molecule has 4 rings (SSSR count). The molecule has 3 aromatic rings. The van der Waals surface area contributed by atoms with E-state index in [0.717, 1.165) is 20.3 Å². The number of aromatic nitrogens is 2. The van der Waals surface area contributed by atoms with Crippen LogP contribution in [0.2, 0.25) is 0 Å². The summed E-state index contributed by atoms with van der Waals surface area (Å²) >= 11 is 3.07. The molecule has 0 bridgehead atoms. The van der Waals surface area contributed by atoms with Crippen molar-refractivity contribution in [2.45, 2.75) is 30.0 Å². The third-order valence-corrected chi connectivity index (χ3v) is 6.41. The number of para-hydroxylation sites is 1. The number of carbonyl (C=O) groups is 2. The number of amides is 2. The fraction of sp³-hybridized carbons (Fsp3) is 0.333. The van der Waals surface area contributed by atoms with Crippen molar-refractivity contribution < 1.29 is 14.0 Å². The Morgan fingerprint density at radius 2 is 2.11 bits per heavy atom. The van der Waals surface area contributed by atoms with E-state index in [1.54, 1.807) is 16.7 Å². The molecule has 140 valence electrons. The molecule has 0 spiro atoms. The molecule has 0 saturated carbocycles. The van der Waals surface area contributed by atoms with E-state index < -0.39 is 0 Å². The highest BCUT2D eigenvalue weighted by Gasteiger charge is 2.31. The van der Waals surface area contributed by atoms with Gasteiger partial charge in [0.1, 0.15) is 10.6 Å². The van der Waals surface area contributed by atoms with Crippen LogP contribution in [0.1, 0.15) is 28.0 Å². The van der Waals surface area contributed by atoms with E-state index in [1.165, 1.54) is 18.3 Å². The zero-order valence-electron chi connectivity index (χ0n) is 14.9. The molecule has 2 amide bonds. The minimum atomic E-state index is -0.247. The maximum absolute atomic E-state index is 12.8. The van der Waals surface area contributed by atoms with E-state index in [2.05, 4.69) is 15.5 Å². The zero-order chi connectivity index (χ0) is 19.0. The van der Waals surface area contributed by atoms with Crippen LogP contribution in [0.4, 0.5) is 0 Å². The van der Waals surface area contributed by atoms with Gasteiger partial charge in [-0.1, -0.05) is 41.3 Å². The molecule has 1 aromatic carbocycles. The Kier molecular flexibility index (Phi) is 4.88. The Labute approximate surface area is 164 Å².